The van der Waals surface area contributed by atoms with Gasteiger partial charge in [0.1, 0.15) is 0 Å². The lowest BCUT2D eigenvalue weighted by Crippen LogP contribution is -2.37. The molecule has 1 aromatic heterocycles. The van der Waals surface area contributed by atoms with Gasteiger partial charge in [-0.15, -0.1) is 4.31 Å². The van der Waals surface area contributed by atoms with E-state index in [-0.39, 0.29) is 17.8 Å². The Morgan fingerprint density at radius 1 is 1.12 bits per heavy atom. The van der Waals surface area contributed by atoms with Gasteiger partial charge in [0.25, 0.3) is 5.56 Å². The summed E-state index contributed by atoms with van der Waals surface area (Å²) in [7, 11) is 0. The topological polar surface area (TPSA) is 74.6 Å². The molecule has 3 aromatic rings. The van der Waals surface area contributed by atoms with E-state index in [0.29, 0.717) is 21.2 Å². The third-order valence-electron chi connectivity index (χ3n) is 6.66. The van der Waals surface area contributed by atoms with Crippen molar-refractivity contribution in [3.8, 4) is 0 Å². The average Bonchev–Trinajstić information content (AvgIpc) is 3.43. The van der Waals surface area contributed by atoms with Crippen LogP contribution in [-0.2, 0) is 22.8 Å². The first-order valence-electron chi connectivity index (χ1n) is 11.0. The zero-order valence-corrected chi connectivity index (χ0v) is 19.1. The zero-order chi connectivity index (χ0) is 22.5. The molecular formula is C25H26N2O4S. The Balaban J connectivity index is 1.40. The summed E-state index contributed by atoms with van der Waals surface area (Å²) < 4.78 is 22.3. The van der Waals surface area contributed by atoms with Crippen molar-refractivity contribution in [2.24, 2.45) is 0 Å². The Morgan fingerprint density at radius 2 is 1.94 bits per heavy atom. The normalized spacial score (nSPS) is 18.2. The number of aromatic nitrogens is 1. The largest absolute Gasteiger partial charge is 0.593 e. The van der Waals surface area contributed by atoms with E-state index in [1.807, 2.05) is 32.0 Å². The molecule has 1 atom stereocenters. The standard InChI is InChI=1S/C25H26N2O4S/c1-17-7-8-19(18(2)15-17)24(29)31-16-26-14-9-20-21(23(26)28)5-3-6-22(20)32(30)27-13-4-10-25(27)11-12-25/h3,5-9,14-15H,4,10-13,16H2,1-2H3. The molecule has 2 aromatic carbocycles. The van der Waals surface area contributed by atoms with E-state index in [9.17, 15) is 14.1 Å². The van der Waals surface area contributed by atoms with E-state index in [0.717, 1.165) is 43.4 Å². The van der Waals surface area contributed by atoms with Crippen LogP contribution < -0.4 is 5.56 Å². The average molecular weight is 451 g/mol. The van der Waals surface area contributed by atoms with E-state index >= 15 is 0 Å². The third-order valence-corrected chi connectivity index (χ3v) is 8.37. The molecule has 1 unspecified atom stereocenters. The van der Waals surface area contributed by atoms with Crippen LogP contribution in [0.15, 0.2) is 58.4 Å². The smallest absolute Gasteiger partial charge is 0.340 e. The van der Waals surface area contributed by atoms with Crippen molar-refractivity contribution in [3.63, 3.8) is 0 Å². The molecule has 7 heteroatoms. The Morgan fingerprint density at radius 3 is 2.69 bits per heavy atom. The number of carbonyl (C=O) groups is 1. The zero-order valence-electron chi connectivity index (χ0n) is 18.3. The fraction of sp³-hybridized carbons (Fsp3) is 0.360. The second-order valence-electron chi connectivity index (χ2n) is 8.87. The van der Waals surface area contributed by atoms with Crippen LogP contribution in [0.3, 0.4) is 0 Å². The maximum absolute atomic E-state index is 13.4. The van der Waals surface area contributed by atoms with Crippen LogP contribution in [0.4, 0.5) is 0 Å². The van der Waals surface area contributed by atoms with Crippen LogP contribution in [0.1, 0.15) is 47.2 Å². The van der Waals surface area contributed by atoms with E-state index in [4.69, 9.17) is 4.74 Å². The third kappa shape index (κ3) is 3.64. The number of benzene rings is 2. The molecule has 166 valence electrons. The summed E-state index contributed by atoms with van der Waals surface area (Å²) in [6, 6.07) is 12.7. The number of pyridine rings is 1. The number of rotatable bonds is 5. The van der Waals surface area contributed by atoms with Gasteiger partial charge in [0.2, 0.25) is 0 Å². The number of carbonyl (C=O) groups excluding carboxylic acids is 1. The summed E-state index contributed by atoms with van der Waals surface area (Å²) in [6.07, 6.45) is 5.97. The number of ether oxygens (including phenoxy) is 1. The summed E-state index contributed by atoms with van der Waals surface area (Å²) in [5, 5.41) is 1.17. The molecule has 2 fully saturated rings. The molecule has 1 spiro atoms. The molecule has 0 N–H and O–H groups in total. The lowest BCUT2D eigenvalue weighted by Gasteiger charge is -2.25. The number of aryl methyl sites for hydroxylation is 2. The molecule has 0 radical (unpaired) electrons. The van der Waals surface area contributed by atoms with Gasteiger partial charge < -0.3 is 9.29 Å². The van der Waals surface area contributed by atoms with Crippen molar-refractivity contribution >= 4 is 28.1 Å². The number of esters is 1. The molecule has 0 amide bonds. The molecule has 32 heavy (non-hydrogen) atoms. The van der Waals surface area contributed by atoms with Gasteiger partial charge in [0, 0.05) is 18.1 Å². The van der Waals surface area contributed by atoms with Crippen LogP contribution in [0.5, 0.6) is 0 Å². The summed E-state index contributed by atoms with van der Waals surface area (Å²) in [6.45, 7) is 4.48. The molecule has 6 nitrogen and oxygen atoms in total. The fourth-order valence-corrected chi connectivity index (χ4v) is 6.45. The Labute approximate surface area is 190 Å². The Kier molecular flexibility index (Phi) is 5.35. The van der Waals surface area contributed by atoms with Gasteiger partial charge >= 0.3 is 5.97 Å². The SMILES string of the molecule is Cc1ccc(C(=O)OCn2ccc3c([S+]([O-])N4CCCC45CC5)cccc3c2=O)c(C)c1. The maximum Gasteiger partial charge on any atom is 0.340 e. The number of nitrogens with zero attached hydrogens (tertiary/aromatic N) is 2. The molecule has 1 aliphatic heterocycles. The maximum atomic E-state index is 13.4. The minimum atomic E-state index is -1.30. The van der Waals surface area contributed by atoms with Crippen molar-refractivity contribution in [1.29, 1.82) is 0 Å². The van der Waals surface area contributed by atoms with Crippen LogP contribution in [0.25, 0.3) is 10.8 Å². The predicted octanol–water partition coefficient (Wildman–Crippen LogP) is 4.08. The van der Waals surface area contributed by atoms with Crippen LogP contribution in [-0.4, -0.2) is 31.5 Å². The highest BCUT2D eigenvalue weighted by Crippen LogP contribution is 2.52. The van der Waals surface area contributed by atoms with E-state index in [2.05, 4.69) is 4.31 Å². The first-order chi connectivity index (χ1) is 15.4. The van der Waals surface area contributed by atoms with Crippen molar-refractivity contribution in [2.75, 3.05) is 6.54 Å². The van der Waals surface area contributed by atoms with E-state index < -0.39 is 17.3 Å². The molecule has 0 bridgehead atoms. The van der Waals surface area contributed by atoms with Gasteiger partial charge in [-0.3, -0.25) is 9.36 Å². The molecule has 5 rings (SSSR count). The van der Waals surface area contributed by atoms with Crippen molar-refractivity contribution in [1.82, 2.24) is 8.87 Å². The number of fused-ring (bicyclic) bond motifs is 1. The summed E-state index contributed by atoms with van der Waals surface area (Å²) in [5.74, 6) is -0.465. The minimum Gasteiger partial charge on any atom is -0.593 e. The predicted molar refractivity (Wildman–Crippen MR) is 124 cm³/mol. The quantitative estimate of drug-likeness (QED) is 0.432. The minimum absolute atomic E-state index is 0.102. The van der Waals surface area contributed by atoms with E-state index in [1.165, 1.54) is 4.57 Å². The Hall–Kier alpha value is -2.61. The molecule has 1 aliphatic carbocycles. The van der Waals surface area contributed by atoms with Gasteiger partial charge in [0.15, 0.2) is 11.6 Å². The number of hydrogen-bond donors (Lipinski definition) is 0. The lowest BCUT2D eigenvalue weighted by molar-refractivity contribution is 0.0366. The van der Waals surface area contributed by atoms with Gasteiger partial charge in [-0.25, -0.2) is 4.79 Å². The van der Waals surface area contributed by atoms with E-state index in [1.54, 1.807) is 30.5 Å². The second-order valence-corrected chi connectivity index (χ2v) is 10.2. The molecule has 1 saturated carbocycles. The summed E-state index contributed by atoms with van der Waals surface area (Å²) in [4.78, 5) is 26.3. The summed E-state index contributed by atoms with van der Waals surface area (Å²) in [5.41, 5.74) is 2.23. The highest BCUT2D eigenvalue weighted by atomic mass is 32.2. The lowest BCUT2D eigenvalue weighted by atomic mass is 10.1. The van der Waals surface area contributed by atoms with Crippen LogP contribution >= 0.6 is 0 Å². The highest BCUT2D eigenvalue weighted by Gasteiger charge is 2.56. The summed E-state index contributed by atoms with van der Waals surface area (Å²) >= 11 is -1.30. The van der Waals surface area contributed by atoms with Gasteiger partial charge in [0.05, 0.1) is 27.9 Å². The van der Waals surface area contributed by atoms with Gasteiger partial charge in [-0.1, -0.05) is 23.8 Å². The second kappa shape index (κ2) is 8.06. The highest BCUT2D eigenvalue weighted by molar-refractivity contribution is 7.89. The van der Waals surface area contributed by atoms with Crippen LogP contribution in [0, 0.1) is 13.8 Å². The van der Waals surface area contributed by atoms with Crippen molar-refractivity contribution < 1.29 is 14.1 Å². The first kappa shape index (κ1) is 21.2. The van der Waals surface area contributed by atoms with Crippen molar-refractivity contribution in [2.45, 2.75) is 56.7 Å². The molecular weight excluding hydrogens is 424 g/mol. The fourth-order valence-electron chi connectivity index (χ4n) is 4.73. The monoisotopic (exact) mass is 450 g/mol. The van der Waals surface area contributed by atoms with Gasteiger partial charge in [-0.05, 0) is 69.4 Å². The van der Waals surface area contributed by atoms with Gasteiger partial charge in [-0.2, -0.15) is 0 Å². The van der Waals surface area contributed by atoms with Crippen LogP contribution in [0.2, 0.25) is 0 Å². The Bertz CT molecular complexity index is 1260. The molecule has 1 saturated heterocycles. The molecule has 2 heterocycles. The first-order valence-corrected chi connectivity index (χ1v) is 12.1. The molecule has 2 aliphatic rings. The number of hydrogen-bond acceptors (Lipinski definition) is 5. The van der Waals surface area contributed by atoms with Crippen molar-refractivity contribution in [3.05, 3.63) is 75.7 Å².